The van der Waals surface area contributed by atoms with Gasteiger partial charge in [0.2, 0.25) is 0 Å². The average molecular weight is 609 g/mol. The third-order valence-electron chi connectivity index (χ3n) is 9.97. The summed E-state index contributed by atoms with van der Waals surface area (Å²) in [4.78, 5) is 9.40. The maximum absolute atomic E-state index is 4.70. The fourth-order valence-electron chi connectivity index (χ4n) is 7.93. The highest BCUT2D eigenvalue weighted by Gasteiger charge is 2.20. The lowest BCUT2D eigenvalue weighted by Crippen LogP contribution is -1.94. The van der Waals surface area contributed by atoms with Crippen molar-refractivity contribution >= 4 is 64.6 Å². The zero-order valence-electron chi connectivity index (χ0n) is 26.1. The number of rotatable bonds is 3. The van der Waals surface area contributed by atoms with Crippen molar-refractivity contribution in [3.8, 4) is 33.6 Å². The van der Waals surface area contributed by atoms with Crippen molar-refractivity contribution in [1.82, 2.24) is 9.97 Å². The van der Waals surface area contributed by atoms with E-state index in [0.29, 0.717) is 0 Å². The summed E-state index contributed by atoms with van der Waals surface area (Å²) in [5.41, 5.74) is 6.02. The van der Waals surface area contributed by atoms with Gasteiger partial charge in [-0.05, 0) is 99.0 Å². The van der Waals surface area contributed by atoms with E-state index in [1.165, 1.54) is 76.1 Å². The number of fused-ring (bicyclic) bond motifs is 8. The zero-order chi connectivity index (χ0) is 31.6. The van der Waals surface area contributed by atoms with Crippen molar-refractivity contribution in [1.29, 1.82) is 0 Å². The molecular weight excluding hydrogens is 581 g/mol. The molecule has 0 spiro atoms. The van der Waals surface area contributed by atoms with Gasteiger partial charge >= 0.3 is 0 Å². The first kappa shape index (κ1) is 26.8. The van der Waals surface area contributed by atoms with E-state index in [0.717, 1.165) is 22.2 Å². The first-order valence-corrected chi connectivity index (χ1v) is 16.4. The van der Waals surface area contributed by atoms with E-state index in [1.807, 2.05) is 18.5 Å². The Morgan fingerprint density at radius 1 is 0.271 bits per heavy atom. The van der Waals surface area contributed by atoms with Gasteiger partial charge < -0.3 is 0 Å². The first-order valence-electron chi connectivity index (χ1n) is 16.4. The molecule has 0 aliphatic rings. The van der Waals surface area contributed by atoms with Crippen LogP contribution < -0.4 is 0 Å². The molecule has 1 heterocycles. The van der Waals surface area contributed by atoms with Gasteiger partial charge in [-0.25, -0.2) is 9.97 Å². The fraction of sp³-hybridized carbons (Fsp3) is 0. The molecule has 48 heavy (non-hydrogen) atoms. The quantitative estimate of drug-likeness (QED) is 0.147. The Hall–Kier alpha value is -6.38. The third kappa shape index (κ3) is 3.93. The van der Waals surface area contributed by atoms with Crippen LogP contribution in [0.2, 0.25) is 0 Å². The van der Waals surface area contributed by atoms with E-state index in [4.69, 9.17) is 9.97 Å². The summed E-state index contributed by atoms with van der Waals surface area (Å²) in [7, 11) is 0. The molecule has 2 nitrogen and oxygen atoms in total. The monoisotopic (exact) mass is 608 g/mol. The third-order valence-corrected chi connectivity index (χ3v) is 9.97. The van der Waals surface area contributed by atoms with Crippen molar-refractivity contribution in [3.05, 3.63) is 170 Å². The van der Waals surface area contributed by atoms with Gasteiger partial charge in [0.1, 0.15) is 0 Å². The van der Waals surface area contributed by atoms with Crippen LogP contribution in [0.3, 0.4) is 0 Å². The Bertz CT molecular complexity index is 2830. The summed E-state index contributed by atoms with van der Waals surface area (Å²) < 4.78 is 0. The first-order chi connectivity index (χ1) is 23.8. The predicted molar refractivity (Wildman–Crippen MR) is 203 cm³/mol. The van der Waals surface area contributed by atoms with Crippen LogP contribution in [0, 0.1) is 0 Å². The molecule has 0 amide bonds. The van der Waals surface area contributed by atoms with Crippen molar-refractivity contribution in [2.24, 2.45) is 0 Å². The second kappa shape index (κ2) is 10.6. The molecule has 0 bridgehead atoms. The van der Waals surface area contributed by atoms with Crippen LogP contribution in [-0.2, 0) is 0 Å². The van der Waals surface area contributed by atoms with E-state index in [1.54, 1.807) is 0 Å². The van der Waals surface area contributed by atoms with Gasteiger partial charge in [-0.1, -0.05) is 146 Å². The molecule has 0 fully saturated rings. The van der Waals surface area contributed by atoms with Gasteiger partial charge in [-0.2, -0.15) is 0 Å². The Morgan fingerprint density at radius 3 is 1.44 bits per heavy atom. The maximum Gasteiger partial charge on any atom is 0.160 e. The number of hydrogen-bond acceptors (Lipinski definition) is 2. The SMILES string of the molecule is c1cnc(-c2c3ccccc3c(-c3cccc4c(-c5cc6c7ccccc7ccc6c6ccccc56)cccc34)c3ccccc23)nc1. The molecule has 2 heteroatoms. The Kier molecular flexibility index (Phi) is 5.91. The van der Waals surface area contributed by atoms with Crippen LogP contribution in [0.25, 0.3) is 98.3 Å². The van der Waals surface area contributed by atoms with Crippen LogP contribution in [-0.4, -0.2) is 9.97 Å². The molecule has 1 aromatic heterocycles. The Morgan fingerprint density at radius 2 is 0.750 bits per heavy atom. The molecule has 10 aromatic rings. The lowest BCUT2D eigenvalue weighted by atomic mass is 9.84. The normalized spacial score (nSPS) is 11.8. The molecule has 9 aromatic carbocycles. The average Bonchev–Trinajstić information content (AvgIpc) is 3.16. The highest BCUT2D eigenvalue weighted by atomic mass is 14.9. The van der Waals surface area contributed by atoms with Gasteiger partial charge in [0.15, 0.2) is 5.82 Å². The van der Waals surface area contributed by atoms with Crippen molar-refractivity contribution in [2.75, 3.05) is 0 Å². The highest BCUT2D eigenvalue weighted by molar-refractivity contribution is 6.25. The largest absolute Gasteiger partial charge is 0.237 e. The molecule has 222 valence electrons. The molecule has 10 rings (SSSR count). The molecule has 0 unspecified atom stereocenters. The molecule has 0 atom stereocenters. The smallest absolute Gasteiger partial charge is 0.160 e. The summed E-state index contributed by atoms with van der Waals surface area (Å²) in [6.45, 7) is 0. The molecular formula is C46H28N2. The number of hydrogen-bond donors (Lipinski definition) is 0. The van der Waals surface area contributed by atoms with Crippen LogP contribution in [0.1, 0.15) is 0 Å². The molecule has 0 aliphatic carbocycles. The van der Waals surface area contributed by atoms with Gasteiger partial charge in [-0.3, -0.25) is 0 Å². The summed E-state index contributed by atoms with van der Waals surface area (Å²) in [6.07, 6.45) is 3.65. The second-order valence-electron chi connectivity index (χ2n) is 12.5. The van der Waals surface area contributed by atoms with Gasteiger partial charge in [0, 0.05) is 18.0 Å². The maximum atomic E-state index is 4.70. The summed E-state index contributed by atoms with van der Waals surface area (Å²) in [6, 6.07) is 57.4. The van der Waals surface area contributed by atoms with Crippen molar-refractivity contribution in [2.45, 2.75) is 0 Å². The van der Waals surface area contributed by atoms with E-state index < -0.39 is 0 Å². The Labute approximate surface area is 277 Å². The zero-order valence-corrected chi connectivity index (χ0v) is 26.1. The number of aromatic nitrogens is 2. The number of benzene rings is 9. The molecule has 0 saturated heterocycles. The summed E-state index contributed by atoms with van der Waals surface area (Å²) in [5.74, 6) is 0.743. The van der Waals surface area contributed by atoms with Gasteiger partial charge in [-0.15, -0.1) is 0 Å². The van der Waals surface area contributed by atoms with Gasteiger partial charge in [0.25, 0.3) is 0 Å². The lowest BCUT2D eigenvalue weighted by Gasteiger charge is -2.19. The van der Waals surface area contributed by atoms with Crippen molar-refractivity contribution in [3.63, 3.8) is 0 Å². The molecule has 0 N–H and O–H groups in total. The standard InChI is InChI=1S/C46H28N2/c1-2-13-30-29(12-1)24-25-36-31-14-3-4-15-34(31)43(28-42(30)36)35-22-9-21-33-32(35)20-10-23-37(33)44-38-16-5-7-18-40(38)45(46-47-26-11-27-48-46)41-19-8-6-17-39(41)44/h1-28H. The summed E-state index contributed by atoms with van der Waals surface area (Å²) in [5, 5.41) is 14.8. The molecule has 0 saturated carbocycles. The minimum atomic E-state index is 0.743. The van der Waals surface area contributed by atoms with E-state index >= 15 is 0 Å². The minimum Gasteiger partial charge on any atom is -0.237 e. The van der Waals surface area contributed by atoms with Crippen LogP contribution in [0.5, 0.6) is 0 Å². The Balaban J connectivity index is 1.31. The minimum absolute atomic E-state index is 0.743. The second-order valence-corrected chi connectivity index (χ2v) is 12.5. The van der Waals surface area contributed by atoms with E-state index in [9.17, 15) is 0 Å². The van der Waals surface area contributed by atoms with Crippen LogP contribution >= 0.6 is 0 Å². The van der Waals surface area contributed by atoms with E-state index in [-0.39, 0.29) is 0 Å². The van der Waals surface area contributed by atoms with Crippen LogP contribution in [0.15, 0.2) is 170 Å². The van der Waals surface area contributed by atoms with Crippen molar-refractivity contribution < 1.29 is 0 Å². The highest BCUT2D eigenvalue weighted by Crippen LogP contribution is 2.46. The topological polar surface area (TPSA) is 25.8 Å². The fourth-order valence-corrected chi connectivity index (χ4v) is 7.93. The summed E-state index contributed by atoms with van der Waals surface area (Å²) >= 11 is 0. The van der Waals surface area contributed by atoms with E-state index in [2.05, 4.69) is 152 Å². The molecule has 0 aliphatic heterocycles. The van der Waals surface area contributed by atoms with Crippen LogP contribution in [0.4, 0.5) is 0 Å². The molecule has 0 radical (unpaired) electrons. The van der Waals surface area contributed by atoms with Gasteiger partial charge in [0.05, 0.1) is 0 Å². The lowest BCUT2D eigenvalue weighted by molar-refractivity contribution is 1.18. The predicted octanol–water partition coefficient (Wildman–Crippen LogP) is 12.4. The number of nitrogens with zero attached hydrogens (tertiary/aromatic N) is 2.